The van der Waals surface area contributed by atoms with Gasteiger partial charge in [0.1, 0.15) is 5.78 Å². The van der Waals surface area contributed by atoms with Gasteiger partial charge in [0, 0.05) is 12.3 Å². The minimum absolute atomic E-state index is 0.0134. The van der Waals surface area contributed by atoms with Crippen LogP contribution in [0.4, 0.5) is 0 Å². The molecule has 2 aliphatic rings. The average molecular weight is 256 g/mol. The Labute approximate surface area is 114 Å². The molecule has 4 unspecified atom stereocenters. The van der Waals surface area contributed by atoms with Crippen LogP contribution < -0.4 is 0 Å². The molecule has 19 heavy (non-hydrogen) atoms. The lowest BCUT2D eigenvalue weighted by Gasteiger charge is -2.27. The number of fused-ring (bicyclic) bond motifs is 2. The Bertz CT molecular complexity index is 465. The fourth-order valence-corrected chi connectivity index (χ4v) is 3.65. The van der Waals surface area contributed by atoms with E-state index >= 15 is 0 Å². The molecule has 0 spiro atoms. The molecule has 2 fully saturated rings. The van der Waals surface area contributed by atoms with Gasteiger partial charge in [-0.05, 0) is 30.2 Å². The zero-order valence-corrected chi connectivity index (χ0v) is 11.1. The molecule has 0 aliphatic heterocycles. The van der Waals surface area contributed by atoms with Gasteiger partial charge in [0.25, 0.3) is 0 Å². The maximum Gasteiger partial charge on any atom is 0.136 e. The monoisotopic (exact) mass is 256 g/mol. The maximum atomic E-state index is 11.9. The number of ether oxygens (including phenoxy) is 1. The molecular formula is C17H20O2. The molecule has 0 radical (unpaired) electrons. The smallest absolute Gasteiger partial charge is 0.136 e. The number of Topliss-reactive ketones (excluding diaryl/α,β-unsaturated/α-hetero) is 1. The van der Waals surface area contributed by atoms with E-state index in [1.54, 1.807) is 0 Å². The van der Waals surface area contributed by atoms with E-state index in [-0.39, 0.29) is 12.0 Å². The van der Waals surface area contributed by atoms with E-state index in [1.165, 1.54) is 5.56 Å². The molecule has 3 rings (SSSR count). The van der Waals surface area contributed by atoms with Gasteiger partial charge in [-0.25, -0.2) is 0 Å². The summed E-state index contributed by atoms with van der Waals surface area (Å²) in [4.78, 5) is 11.9. The molecule has 2 saturated carbocycles. The van der Waals surface area contributed by atoms with Crippen LogP contribution in [-0.2, 0) is 16.1 Å². The zero-order chi connectivity index (χ0) is 13.2. The Morgan fingerprint density at radius 2 is 2.11 bits per heavy atom. The second-order valence-corrected chi connectivity index (χ2v) is 5.78. The molecule has 1 aromatic carbocycles. The summed E-state index contributed by atoms with van der Waals surface area (Å²) in [6, 6.07) is 10.2. The summed E-state index contributed by atoms with van der Waals surface area (Å²) >= 11 is 0. The molecule has 0 aromatic heterocycles. The molecule has 0 heterocycles. The summed E-state index contributed by atoms with van der Waals surface area (Å²) in [6.45, 7) is 4.49. The van der Waals surface area contributed by atoms with Gasteiger partial charge in [-0.1, -0.05) is 36.4 Å². The molecule has 100 valence electrons. The Balaban J connectivity index is 1.62. The van der Waals surface area contributed by atoms with Gasteiger partial charge in [-0.3, -0.25) is 4.79 Å². The third-order valence-electron chi connectivity index (χ3n) is 4.55. The third kappa shape index (κ3) is 2.50. The quantitative estimate of drug-likeness (QED) is 0.755. The second kappa shape index (κ2) is 5.30. The number of carbonyl (C=O) groups excluding carboxylic acids is 1. The minimum atomic E-state index is 0.0134. The first-order valence-electron chi connectivity index (χ1n) is 7.08. The molecule has 2 heteroatoms. The van der Waals surface area contributed by atoms with Crippen LogP contribution in [0, 0.1) is 17.8 Å². The Morgan fingerprint density at radius 1 is 1.32 bits per heavy atom. The van der Waals surface area contributed by atoms with Crippen LogP contribution in [-0.4, -0.2) is 11.9 Å². The van der Waals surface area contributed by atoms with Gasteiger partial charge in [-0.2, -0.15) is 0 Å². The number of carbonyl (C=O) groups is 1. The minimum Gasteiger partial charge on any atom is -0.369 e. The highest BCUT2D eigenvalue weighted by molar-refractivity contribution is 5.84. The van der Waals surface area contributed by atoms with Gasteiger partial charge in [0.05, 0.1) is 12.7 Å². The van der Waals surface area contributed by atoms with Crippen LogP contribution >= 0.6 is 0 Å². The average Bonchev–Trinajstić information content (AvgIpc) is 3.00. The lowest BCUT2D eigenvalue weighted by Crippen LogP contribution is -2.31. The predicted molar refractivity (Wildman–Crippen MR) is 74.5 cm³/mol. The lowest BCUT2D eigenvalue weighted by atomic mass is 9.84. The Kier molecular flexibility index (Phi) is 3.52. The van der Waals surface area contributed by atoms with Crippen LogP contribution in [0.15, 0.2) is 43.0 Å². The summed E-state index contributed by atoms with van der Waals surface area (Å²) in [5.41, 5.74) is 1.17. The van der Waals surface area contributed by atoms with Crippen molar-refractivity contribution in [2.75, 3.05) is 0 Å². The van der Waals surface area contributed by atoms with Crippen molar-refractivity contribution in [1.29, 1.82) is 0 Å². The van der Waals surface area contributed by atoms with Gasteiger partial charge in [-0.15, -0.1) is 6.58 Å². The van der Waals surface area contributed by atoms with Crippen LogP contribution in [0.25, 0.3) is 0 Å². The summed E-state index contributed by atoms with van der Waals surface area (Å²) in [5.74, 6) is 1.62. The molecule has 1 aromatic rings. The van der Waals surface area contributed by atoms with E-state index in [4.69, 9.17) is 4.74 Å². The van der Waals surface area contributed by atoms with Crippen molar-refractivity contribution in [3.8, 4) is 0 Å². The Hall–Kier alpha value is -1.41. The van der Waals surface area contributed by atoms with E-state index in [1.807, 2.05) is 24.3 Å². The van der Waals surface area contributed by atoms with Crippen molar-refractivity contribution >= 4 is 5.78 Å². The predicted octanol–water partition coefficient (Wildman–Crippen LogP) is 3.37. The molecule has 2 nitrogen and oxygen atoms in total. The maximum absolute atomic E-state index is 11.9. The van der Waals surface area contributed by atoms with Crippen molar-refractivity contribution in [3.05, 3.63) is 48.6 Å². The number of hydrogen-bond donors (Lipinski definition) is 0. The standard InChI is InChI=1S/C17H20O2/c1-2-17(19-11-12-6-4-3-5-7-12)15-9-13-8-14(15)16(18)10-13/h2-7,13-15,17H,1,8-11H2. The van der Waals surface area contributed by atoms with Gasteiger partial charge >= 0.3 is 0 Å². The summed E-state index contributed by atoms with van der Waals surface area (Å²) < 4.78 is 5.99. The fourth-order valence-electron chi connectivity index (χ4n) is 3.65. The van der Waals surface area contributed by atoms with Crippen LogP contribution in [0.1, 0.15) is 24.8 Å². The van der Waals surface area contributed by atoms with Gasteiger partial charge < -0.3 is 4.74 Å². The van der Waals surface area contributed by atoms with E-state index < -0.39 is 0 Å². The fraction of sp³-hybridized carbons (Fsp3) is 0.471. The molecule has 0 N–H and O–H groups in total. The molecule has 4 atom stereocenters. The first-order valence-corrected chi connectivity index (χ1v) is 7.08. The SMILES string of the molecule is C=CC(OCc1ccccc1)C1CC2CC(=O)C1C2. The topological polar surface area (TPSA) is 26.3 Å². The number of rotatable bonds is 5. The highest BCUT2D eigenvalue weighted by atomic mass is 16.5. The highest BCUT2D eigenvalue weighted by Gasteiger charge is 2.47. The highest BCUT2D eigenvalue weighted by Crippen LogP contribution is 2.48. The molecule has 2 aliphatic carbocycles. The van der Waals surface area contributed by atoms with Crippen molar-refractivity contribution < 1.29 is 9.53 Å². The van der Waals surface area contributed by atoms with Crippen molar-refractivity contribution in [1.82, 2.24) is 0 Å². The lowest BCUT2D eigenvalue weighted by molar-refractivity contribution is -0.125. The van der Waals surface area contributed by atoms with E-state index in [0.29, 0.717) is 24.2 Å². The first-order chi connectivity index (χ1) is 9.28. The first kappa shape index (κ1) is 12.6. The van der Waals surface area contributed by atoms with E-state index in [0.717, 1.165) is 19.3 Å². The van der Waals surface area contributed by atoms with Gasteiger partial charge in [0.15, 0.2) is 0 Å². The van der Waals surface area contributed by atoms with Crippen molar-refractivity contribution in [2.24, 2.45) is 17.8 Å². The molecular weight excluding hydrogens is 236 g/mol. The molecule has 0 amide bonds. The van der Waals surface area contributed by atoms with Crippen LogP contribution in [0.5, 0.6) is 0 Å². The molecule has 2 bridgehead atoms. The summed E-state index contributed by atoms with van der Waals surface area (Å²) in [7, 11) is 0. The van der Waals surface area contributed by atoms with Gasteiger partial charge in [0.2, 0.25) is 0 Å². The number of ketones is 1. The number of hydrogen-bond acceptors (Lipinski definition) is 2. The zero-order valence-electron chi connectivity index (χ0n) is 11.1. The largest absolute Gasteiger partial charge is 0.369 e. The van der Waals surface area contributed by atoms with Crippen molar-refractivity contribution in [2.45, 2.75) is 32.0 Å². The van der Waals surface area contributed by atoms with Crippen LogP contribution in [0.2, 0.25) is 0 Å². The molecule has 0 saturated heterocycles. The summed E-state index contributed by atoms with van der Waals surface area (Å²) in [5, 5.41) is 0. The summed E-state index contributed by atoms with van der Waals surface area (Å²) in [6.07, 6.45) is 4.88. The Morgan fingerprint density at radius 3 is 2.74 bits per heavy atom. The third-order valence-corrected chi connectivity index (χ3v) is 4.55. The van der Waals surface area contributed by atoms with E-state index in [9.17, 15) is 4.79 Å². The van der Waals surface area contributed by atoms with E-state index in [2.05, 4.69) is 18.7 Å². The second-order valence-electron chi connectivity index (χ2n) is 5.78. The van der Waals surface area contributed by atoms with Crippen LogP contribution in [0.3, 0.4) is 0 Å². The normalized spacial score (nSPS) is 30.5. The number of benzene rings is 1. The van der Waals surface area contributed by atoms with Crippen molar-refractivity contribution in [3.63, 3.8) is 0 Å².